The number of halogens is 1. The quantitative estimate of drug-likeness (QED) is 0.230. The first kappa shape index (κ1) is 15.4. The largest absolute Gasteiger partial charge is 0.294 e. The topological polar surface area (TPSA) is 17.1 Å². The van der Waals surface area contributed by atoms with Crippen LogP contribution in [0.25, 0.3) is 43.1 Å². The van der Waals surface area contributed by atoms with Crippen LogP contribution in [-0.2, 0) is 0 Å². The molecule has 0 N–H and O–H groups in total. The van der Waals surface area contributed by atoms with Crippen molar-refractivity contribution in [2.24, 2.45) is 0 Å². The normalized spacial score (nSPS) is 11.6. The highest BCUT2D eigenvalue weighted by Gasteiger charge is 2.12. The Balaban J connectivity index is 1.90. The highest BCUT2D eigenvalue weighted by Crippen LogP contribution is 2.33. The zero-order valence-corrected chi connectivity index (χ0v) is 15.0. The fourth-order valence-corrected chi connectivity index (χ4v) is 4.15. The van der Waals surface area contributed by atoms with Crippen molar-refractivity contribution in [1.29, 1.82) is 0 Å². The molecule has 5 rings (SSSR count). The molecule has 0 heterocycles. The highest BCUT2D eigenvalue weighted by molar-refractivity contribution is 6.36. The predicted octanol–water partition coefficient (Wildman–Crippen LogP) is 7.16. The zero-order valence-electron chi connectivity index (χ0n) is 14.2. The summed E-state index contributed by atoms with van der Waals surface area (Å²) >= 11 is 6.29. The van der Waals surface area contributed by atoms with Gasteiger partial charge < -0.3 is 0 Å². The second-order valence-corrected chi connectivity index (χ2v) is 7.20. The van der Waals surface area contributed by atoms with Gasteiger partial charge in [-0.1, -0.05) is 41.9 Å². The van der Waals surface area contributed by atoms with Crippen LogP contribution in [0.15, 0.2) is 72.8 Å². The van der Waals surface area contributed by atoms with E-state index in [1.165, 1.54) is 21.5 Å². The Morgan fingerprint density at radius 2 is 1.15 bits per heavy atom. The number of carbonyl (C=O) groups excluding carboxylic acids is 1. The van der Waals surface area contributed by atoms with Crippen molar-refractivity contribution >= 4 is 60.5 Å². The fraction of sp³-hybridized carbons (Fsp3) is 0.0417. The van der Waals surface area contributed by atoms with Gasteiger partial charge in [-0.25, -0.2) is 0 Å². The molecule has 0 saturated carbocycles. The first-order chi connectivity index (χ1) is 12.6. The first-order valence-corrected chi connectivity index (χ1v) is 8.97. The second-order valence-electron chi connectivity index (χ2n) is 6.80. The van der Waals surface area contributed by atoms with Gasteiger partial charge in [-0.2, -0.15) is 0 Å². The molecular weight excluding hydrogens is 340 g/mol. The molecule has 0 aliphatic heterocycles. The lowest BCUT2D eigenvalue weighted by atomic mass is 9.95. The summed E-state index contributed by atoms with van der Waals surface area (Å²) in [5.74, 6) is -0.00765. The van der Waals surface area contributed by atoms with Gasteiger partial charge in [0.1, 0.15) is 0 Å². The summed E-state index contributed by atoms with van der Waals surface area (Å²) in [5.41, 5.74) is 0.602. The molecule has 5 aromatic rings. The number of hydrogen-bond acceptors (Lipinski definition) is 1. The van der Waals surface area contributed by atoms with Crippen molar-refractivity contribution in [3.05, 3.63) is 83.4 Å². The van der Waals surface area contributed by atoms with Crippen LogP contribution >= 0.6 is 11.6 Å². The minimum atomic E-state index is -0.00765. The van der Waals surface area contributed by atoms with E-state index in [1.807, 2.05) is 6.07 Å². The van der Waals surface area contributed by atoms with E-state index in [9.17, 15) is 4.79 Å². The van der Waals surface area contributed by atoms with Gasteiger partial charge in [-0.15, -0.1) is 0 Å². The monoisotopic (exact) mass is 354 g/mol. The van der Waals surface area contributed by atoms with Crippen molar-refractivity contribution in [2.75, 3.05) is 0 Å². The van der Waals surface area contributed by atoms with Gasteiger partial charge in [-0.05, 0) is 92.5 Å². The van der Waals surface area contributed by atoms with E-state index in [0.717, 1.165) is 21.5 Å². The number of benzene rings is 5. The van der Waals surface area contributed by atoms with Crippen LogP contribution in [0.2, 0.25) is 5.02 Å². The maximum atomic E-state index is 12.1. The number of fused-ring (bicyclic) bond motifs is 4. The van der Waals surface area contributed by atoms with Crippen LogP contribution in [0.4, 0.5) is 0 Å². The number of hydrogen-bond donors (Lipinski definition) is 0. The number of rotatable bonds is 1. The van der Waals surface area contributed by atoms with Gasteiger partial charge >= 0.3 is 0 Å². The van der Waals surface area contributed by atoms with Crippen LogP contribution in [0.5, 0.6) is 0 Å². The Bertz CT molecular complexity index is 1370. The number of ketones is 1. The maximum absolute atomic E-state index is 12.1. The molecular formula is C24H15ClO. The SMILES string of the molecule is CC(=O)c1c(Cl)ccc2cc3cc4cc5ccccc5cc4cc3cc12. The van der Waals surface area contributed by atoms with E-state index >= 15 is 0 Å². The van der Waals surface area contributed by atoms with Crippen LogP contribution in [0.1, 0.15) is 17.3 Å². The summed E-state index contributed by atoms with van der Waals surface area (Å²) < 4.78 is 0. The molecule has 2 heteroatoms. The lowest BCUT2D eigenvalue weighted by Crippen LogP contribution is -1.95. The van der Waals surface area contributed by atoms with Gasteiger partial charge in [0.05, 0.1) is 5.02 Å². The summed E-state index contributed by atoms with van der Waals surface area (Å²) in [4.78, 5) is 12.1. The van der Waals surface area contributed by atoms with Gasteiger partial charge in [-0.3, -0.25) is 4.79 Å². The van der Waals surface area contributed by atoms with E-state index in [4.69, 9.17) is 11.6 Å². The first-order valence-electron chi connectivity index (χ1n) is 8.60. The molecule has 5 aromatic carbocycles. The molecule has 0 radical (unpaired) electrons. The van der Waals surface area contributed by atoms with Gasteiger partial charge in [0, 0.05) is 5.56 Å². The lowest BCUT2D eigenvalue weighted by molar-refractivity contribution is 0.101. The molecule has 1 nitrogen and oxygen atoms in total. The summed E-state index contributed by atoms with van der Waals surface area (Å²) in [6, 6.07) is 25.3. The average molecular weight is 355 g/mol. The van der Waals surface area contributed by atoms with Crippen LogP contribution in [0.3, 0.4) is 0 Å². The Morgan fingerprint density at radius 3 is 1.73 bits per heavy atom. The molecule has 0 unspecified atom stereocenters. The second kappa shape index (κ2) is 5.55. The molecule has 124 valence electrons. The third-order valence-corrected chi connectivity index (χ3v) is 5.41. The third kappa shape index (κ3) is 2.28. The molecule has 0 fully saturated rings. The van der Waals surface area contributed by atoms with E-state index in [2.05, 4.69) is 60.7 Å². The Morgan fingerprint density at radius 1 is 0.654 bits per heavy atom. The molecule has 0 bridgehead atoms. The highest BCUT2D eigenvalue weighted by atomic mass is 35.5. The summed E-state index contributed by atoms with van der Waals surface area (Å²) in [5, 5.41) is 9.62. The molecule has 0 aliphatic carbocycles. The molecule has 0 aliphatic rings. The van der Waals surface area contributed by atoms with Gasteiger partial charge in [0.15, 0.2) is 5.78 Å². The standard InChI is InChI=1S/C24H15ClO/c1-14(26)24-22-13-21-12-19-9-16-5-3-2-4-15(16)8-18(19)11-20(21)10-17(22)6-7-23(24)25/h2-13H,1H3. The molecule has 0 amide bonds. The van der Waals surface area contributed by atoms with Crippen molar-refractivity contribution in [3.63, 3.8) is 0 Å². The van der Waals surface area contributed by atoms with Crippen molar-refractivity contribution in [2.45, 2.75) is 6.92 Å². The van der Waals surface area contributed by atoms with E-state index in [0.29, 0.717) is 10.6 Å². The molecule has 26 heavy (non-hydrogen) atoms. The number of carbonyl (C=O) groups is 1. The van der Waals surface area contributed by atoms with Gasteiger partial charge in [0.2, 0.25) is 0 Å². The molecule has 0 atom stereocenters. The smallest absolute Gasteiger partial charge is 0.161 e. The minimum absolute atomic E-state index is 0.00765. The lowest BCUT2D eigenvalue weighted by Gasteiger charge is -2.10. The Labute approximate surface area is 155 Å². The Kier molecular flexibility index (Phi) is 3.28. The van der Waals surface area contributed by atoms with Crippen LogP contribution in [-0.4, -0.2) is 5.78 Å². The Hall–Kier alpha value is -2.90. The van der Waals surface area contributed by atoms with Crippen LogP contribution < -0.4 is 0 Å². The minimum Gasteiger partial charge on any atom is -0.294 e. The predicted molar refractivity (Wildman–Crippen MR) is 111 cm³/mol. The van der Waals surface area contributed by atoms with Crippen LogP contribution in [0, 0.1) is 0 Å². The van der Waals surface area contributed by atoms with E-state index < -0.39 is 0 Å². The molecule has 0 saturated heterocycles. The summed E-state index contributed by atoms with van der Waals surface area (Å²) in [7, 11) is 0. The average Bonchev–Trinajstić information content (AvgIpc) is 2.62. The summed E-state index contributed by atoms with van der Waals surface area (Å²) in [6.07, 6.45) is 0. The molecule has 0 aromatic heterocycles. The zero-order chi connectivity index (χ0) is 17.8. The third-order valence-electron chi connectivity index (χ3n) is 5.10. The van der Waals surface area contributed by atoms with Gasteiger partial charge in [0.25, 0.3) is 0 Å². The fourth-order valence-electron chi connectivity index (χ4n) is 3.85. The van der Waals surface area contributed by atoms with Crippen molar-refractivity contribution in [3.8, 4) is 0 Å². The van der Waals surface area contributed by atoms with Crippen molar-refractivity contribution in [1.82, 2.24) is 0 Å². The molecule has 0 spiro atoms. The van der Waals surface area contributed by atoms with Crippen molar-refractivity contribution < 1.29 is 4.79 Å². The van der Waals surface area contributed by atoms with E-state index in [1.54, 1.807) is 13.0 Å². The summed E-state index contributed by atoms with van der Waals surface area (Å²) in [6.45, 7) is 1.57. The maximum Gasteiger partial charge on any atom is 0.161 e. The number of Topliss-reactive ketones (excluding diaryl/α,β-unsaturated/α-hetero) is 1. The van der Waals surface area contributed by atoms with E-state index in [-0.39, 0.29) is 5.78 Å².